The maximum Gasteiger partial charge on any atom is 0.312 e. The van der Waals surface area contributed by atoms with Crippen LogP contribution in [0.15, 0.2) is 18.3 Å². The predicted molar refractivity (Wildman–Crippen MR) is 54.7 cm³/mol. The molecule has 0 atom stereocenters. The fraction of sp³-hybridized carbons (Fsp3) is 0.250. The minimum atomic E-state index is -0.527. The molecule has 6 nitrogen and oxygen atoms in total. The molecule has 2 amide bonds. The number of aromatic nitrogens is 1. The number of anilines is 2. The van der Waals surface area contributed by atoms with Crippen molar-refractivity contribution in [1.29, 1.82) is 0 Å². The van der Waals surface area contributed by atoms with Crippen LogP contribution >= 0.6 is 0 Å². The first-order valence-electron chi connectivity index (χ1n) is 4.17. The van der Waals surface area contributed by atoms with E-state index in [0.29, 0.717) is 18.9 Å². The van der Waals surface area contributed by atoms with Crippen LogP contribution in [0.2, 0.25) is 0 Å². The van der Waals surface area contributed by atoms with Crippen LogP contribution in [-0.2, 0) is 0 Å². The van der Waals surface area contributed by atoms with Gasteiger partial charge in [-0.15, -0.1) is 0 Å². The first-order valence-corrected chi connectivity index (χ1v) is 4.17. The van der Waals surface area contributed by atoms with Crippen molar-refractivity contribution in [3.8, 4) is 0 Å². The number of nitrogens with zero attached hydrogens (tertiary/aromatic N) is 1. The van der Waals surface area contributed by atoms with Gasteiger partial charge in [0.25, 0.3) is 0 Å². The van der Waals surface area contributed by atoms with E-state index in [1.807, 2.05) is 0 Å². The molecule has 1 rings (SSSR count). The molecule has 0 radical (unpaired) electrons. The van der Waals surface area contributed by atoms with E-state index in [1.54, 1.807) is 18.3 Å². The number of primary amides is 1. The van der Waals surface area contributed by atoms with Crippen molar-refractivity contribution < 1.29 is 4.79 Å². The van der Waals surface area contributed by atoms with Crippen molar-refractivity contribution in [1.82, 2.24) is 10.3 Å². The highest BCUT2D eigenvalue weighted by Crippen LogP contribution is 2.07. The zero-order valence-electron chi connectivity index (χ0n) is 7.66. The Hall–Kier alpha value is -1.98. The summed E-state index contributed by atoms with van der Waals surface area (Å²) in [5.74, 6) is 0.456. The van der Waals surface area contributed by atoms with Crippen molar-refractivity contribution >= 4 is 17.5 Å². The monoisotopic (exact) mass is 195 g/mol. The Morgan fingerprint density at radius 1 is 1.50 bits per heavy atom. The third-order valence-corrected chi connectivity index (χ3v) is 1.53. The van der Waals surface area contributed by atoms with Gasteiger partial charge in [-0.2, -0.15) is 0 Å². The first-order chi connectivity index (χ1) is 6.68. The maximum atomic E-state index is 10.3. The van der Waals surface area contributed by atoms with E-state index in [-0.39, 0.29) is 0 Å². The fourth-order valence-electron chi connectivity index (χ4n) is 0.951. The van der Waals surface area contributed by atoms with E-state index >= 15 is 0 Å². The Kier molecular flexibility index (Phi) is 3.54. The number of nitrogen functional groups attached to an aromatic ring is 1. The molecule has 0 bridgehead atoms. The van der Waals surface area contributed by atoms with E-state index in [1.165, 1.54) is 0 Å². The highest BCUT2D eigenvalue weighted by atomic mass is 16.2. The summed E-state index contributed by atoms with van der Waals surface area (Å²) in [6, 6.07) is 2.98. The van der Waals surface area contributed by atoms with Gasteiger partial charge in [0.1, 0.15) is 5.82 Å². The summed E-state index contributed by atoms with van der Waals surface area (Å²) in [5.41, 5.74) is 11.2. The molecule has 0 unspecified atom stereocenters. The Balaban J connectivity index is 2.28. The highest BCUT2D eigenvalue weighted by Gasteiger charge is 1.93. The van der Waals surface area contributed by atoms with Crippen LogP contribution in [0.1, 0.15) is 0 Å². The summed E-state index contributed by atoms with van der Waals surface area (Å²) in [4.78, 5) is 14.2. The maximum absolute atomic E-state index is 10.3. The molecule has 0 spiro atoms. The van der Waals surface area contributed by atoms with Gasteiger partial charge >= 0.3 is 6.03 Å². The Bertz CT molecular complexity index is 314. The number of amides is 2. The summed E-state index contributed by atoms with van der Waals surface area (Å²) in [5, 5.41) is 5.51. The number of rotatable bonds is 4. The second kappa shape index (κ2) is 4.90. The molecule has 76 valence electrons. The quantitative estimate of drug-likeness (QED) is 0.497. The van der Waals surface area contributed by atoms with Crippen molar-refractivity contribution in [3.63, 3.8) is 0 Å². The molecule has 0 aromatic carbocycles. The second-order valence-corrected chi connectivity index (χ2v) is 2.69. The van der Waals surface area contributed by atoms with Crippen LogP contribution in [0.25, 0.3) is 0 Å². The lowest BCUT2D eigenvalue weighted by Gasteiger charge is -2.06. The number of urea groups is 1. The van der Waals surface area contributed by atoms with Crippen molar-refractivity contribution in [2.45, 2.75) is 0 Å². The van der Waals surface area contributed by atoms with Gasteiger partial charge in [-0.1, -0.05) is 0 Å². The minimum absolute atomic E-state index is 0.456. The van der Waals surface area contributed by atoms with Gasteiger partial charge in [0, 0.05) is 31.0 Å². The molecule has 0 fully saturated rings. The molecule has 14 heavy (non-hydrogen) atoms. The number of nitrogens with two attached hydrogens (primary N) is 2. The largest absolute Gasteiger partial charge is 0.384 e. The van der Waals surface area contributed by atoms with E-state index in [4.69, 9.17) is 11.5 Å². The molecule has 1 aromatic heterocycles. The molecule has 1 heterocycles. The van der Waals surface area contributed by atoms with Gasteiger partial charge in [-0.25, -0.2) is 9.78 Å². The zero-order valence-corrected chi connectivity index (χ0v) is 7.66. The number of nitrogens with one attached hydrogen (secondary N) is 2. The van der Waals surface area contributed by atoms with E-state index in [0.717, 1.165) is 5.69 Å². The molecule has 0 aliphatic heterocycles. The van der Waals surface area contributed by atoms with Gasteiger partial charge in [-0.3, -0.25) is 0 Å². The van der Waals surface area contributed by atoms with Crippen LogP contribution in [0.3, 0.4) is 0 Å². The third kappa shape index (κ3) is 3.61. The molecule has 6 N–H and O–H groups in total. The summed E-state index contributed by atoms with van der Waals surface area (Å²) < 4.78 is 0. The number of pyridine rings is 1. The second-order valence-electron chi connectivity index (χ2n) is 2.69. The summed E-state index contributed by atoms with van der Waals surface area (Å²) in [6.45, 7) is 1.06. The number of hydrogen-bond acceptors (Lipinski definition) is 4. The average molecular weight is 195 g/mol. The molecule has 6 heteroatoms. The Morgan fingerprint density at radius 2 is 2.29 bits per heavy atom. The Labute approximate surface area is 81.7 Å². The van der Waals surface area contributed by atoms with E-state index in [9.17, 15) is 4.79 Å². The van der Waals surface area contributed by atoms with Crippen LogP contribution in [0, 0.1) is 0 Å². The lowest BCUT2D eigenvalue weighted by Crippen LogP contribution is -2.33. The lowest BCUT2D eigenvalue weighted by molar-refractivity contribution is 0.249. The van der Waals surface area contributed by atoms with Gasteiger partial charge in [0.05, 0.1) is 0 Å². The van der Waals surface area contributed by atoms with E-state index in [2.05, 4.69) is 15.6 Å². The van der Waals surface area contributed by atoms with Crippen LogP contribution in [-0.4, -0.2) is 24.1 Å². The normalized spacial score (nSPS) is 9.43. The summed E-state index contributed by atoms with van der Waals surface area (Å²) in [7, 11) is 0. The van der Waals surface area contributed by atoms with Gasteiger partial charge < -0.3 is 22.1 Å². The standard InChI is InChI=1S/C8H13N5O/c9-7-5-6(1-2-12-7)11-3-4-13-8(10)14/h1-2,5H,3-4H2,(H3,9,11,12)(H3,10,13,14). The van der Waals surface area contributed by atoms with E-state index < -0.39 is 6.03 Å². The molecule has 0 saturated heterocycles. The van der Waals surface area contributed by atoms with Crippen LogP contribution < -0.4 is 22.1 Å². The molecule has 1 aromatic rings. The minimum Gasteiger partial charge on any atom is -0.384 e. The predicted octanol–water partition coefficient (Wildman–Crippen LogP) is -0.256. The van der Waals surface area contributed by atoms with Gasteiger partial charge in [0.2, 0.25) is 0 Å². The molecule has 0 aliphatic rings. The van der Waals surface area contributed by atoms with Crippen molar-refractivity contribution in [2.24, 2.45) is 5.73 Å². The number of hydrogen-bond donors (Lipinski definition) is 4. The van der Waals surface area contributed by atoms with Crippen LogP contribution in [0.4, 0.5) is 16.3 Å². The lowest BCUT2D eigenvalue weighted by atomic mass is 10.4. The van der Waals surface area contributed by atoms with Gasteiger partial charge in [-0.05, 0) is 6.07 Å². The molecule has 0 aliphatic carbocycles. The van der Waals surface area contributed by atoms with Crippen molar-refractivity contribution in [2.75, 3.05) is 24.1 Å². The zero-order chi connectivity index (χ0) is 10.4. The third-order valence-electron chi connectivity index (χ3n) is 1.53. The smallest absolute Gasteiger partial charge is 0.312 e. The first kappa shape index (κ1) is 10.1. The molecular weight excluding hydrogens is 182 g/mol. The fourth-order valence-corrected chi connectivity index (χ4v) is 0.951. The highest BCUT2D eigenvalue weighted by molar-refractivity contribution is 5.71. The average Bonchev–Trinajstić information content (AvgIpc) is 2.12. The van der Waals surface area contributed by atoms with Gasteiger partial charge in [0.15, 0.2) is 0 Å². The summed E-state index contributed by atoms with van der Waals surface area (Å²) >= 11 is 0. The summed E-state index contributed by atoms with van der Waals surface area (Å²) in [6.07, 6.45) is 1.61. The van der Waals surface area contributed by atoms with Crippen molar-refractivity contribution in [3.05, 3.63) is 18.3 Å². The SMILES string of the molecule is NC(=O)NCCNc1ccnc(N)c1. The molecule has 0 saturated carbocycles. The molecular formula is C8H13N5O. The number of carbonyl (C=O) groups is 1. The van der Waals surface area contributed by atoms with Crippen LogP contribution in [0.5, 0.6) is 0 Å². The topological polar surface area (TPSA) is 106 Å². The number of carbonyl (C=O) groups excluding carboxylic acids is 1. The Morgan fingerprint density at radius 3 is 2.93 bits per heavy atom.